The van der Waals surface area contributed by atoms with Gasteiger partial charge in [-0.2, -0.15) is 0 Å². The van der Waals surface area contributed by atoms with Crippen molar-refractivity contribution in [3.8, 4) is 22.4 Å². The average Bonchev–Trinajstić information content (AvgIpc) is 2.85. The SMILES string of the molecule is Cc1ccc(-c2noc(N)c2-c2ccccc2)cc1F. The van der Waals surface area contributed by atoms with E-state index in [2.05, 4.69) is 5.16 Å². The number of nitrogen functional groups attached to an aromatic ring is 1. The van der Waals surface area contributed by atoms with E-state index in [4.69, 9.17) is 10.3 Å². The van der Waals surface area contributed by atoms with E-state index in [9.17, 15) is 4.39 Å². The summed E-state index contributed by atoms with van der Waals surface area (Å²) < 4.78 is 18.8. The molecular formula is C16H13FN2O. The number of hydrogen-bond acceptors (Lipinski definition) is 3. The summed E-state index contributed by atoms with van der Waals surface area (Å²) in [6, 6.07) is 14.5. The van der Waals surface area contributed by atoms with Gasteiger partial charge in [0.05, 0.1) is 5.56 Å². The fourth-order valence-electron chi connectivity index (χ4n) is 2.12. The van der Waals surface area contributed by atoms with Crippen LogP contribution in [0.25, 0.3) is 22.4 Å². The molecule has 0 saturated heterocycles. The van der Waals surface area contributed by atoms with Crippen LogP contribution in [-0.4, -0.2) is 5.16 Å². The molecule has 0 radical (unpaired) electrons. The smallest absolute Gasteiger partial charge is 0.230 e. The van der Waals surface area contributed by atoms with E-state index in [1.54, 1.807) is 13.0 Å². The van der Waals surface area contributed by atoms with Gasteiger partial charge < -0.3 is 10.3 Å². The van der Waals surface area contributed by atoms with Crippen LogP contribution in [0.4, 0.5) is 10.3 Å². The Labute approximate surface area is 115 Å². The number of aryl methyl sites for hydroxylation is 1. The lowest BCUT2D eigenvalue weighted by molar-refractivity contribution is 0.439. The highest BCUT2D eigenvalue weighted by atomic mass is 19.1. The Morgan fingerprint density at radius 3 is 2.50 bits per heavy atom. The maximum absolute atomic E-state index is 13.7. The van der Waals surface area contributed by atoms with Crippen molar-refractivity contribution < 1.29 is 8.91 Å². The van der Waals surface area contributed by atoms with E-state index < -0.39 is 0 Å². The molecule has 0 fully saturated rings. The third-order valence-electron chi connectivity index (χ3n) is 3.23. The van der Waals surface area contributed by atoms with Crippen molar-refractivity contribution in [3.63, 3.8) is 0 Å². The van der Waals surface area contributed by atoms with Crippen molar-refractivity contribution in [3.05, 3.63) is 59.9 Å². The van der Waals surface area contributed by atoms with E-state index >= 15 is 0 Å². The van der Waals surface area contributed by atoms with Crippen molar-refractivity contribution in [2.24, 2.45) is 0 Å². The number of nitrogens with zero attached hydrogens (tertiary/aromatic N) is 1. The molecular weight excluding hydrogens is 255 g/mol. The minimum Gasteiger partial charge on any atom is -0.367 e. The second kappa shape index (κ2) is 4.81. The highest BCUT2D eigenvalue weighted by Crippen LogP contribution is 2.36. The van der Waals surface area contributed by atoms with E-state index in [1.165, 1.54) is 6.07 Å². The molecule has 0 spiro atoms. The molecule has 3 nitrogen and oxygen atoms in total. The molecule has 4 heteroatoms. The molecule has 0 aliphatic heterocycles. The molecule has 0 aliphatic rings. The van der Waals surface area contributed by atoms with Crippen LogP contribution in [0.15, 0.2) is 53.1 Å². The molecule has 3 aromatic rings. The molecule has 2 N–H and O–H groups in total. The van der Waals surface area contributed by atoms with Gasteiger partial charge >= 0.3 is 0 Å². The summed E-state index contributed by atoms with van der Waals surface area (Å²) in [5.41, 5.74) is 9.22. The zero-order valence-corrected chi connectivity index (χ0v) is 10.9. The Morgan fingerprint density at radius 2 is 1.80 bits per heavy atom. The first-order valence-electron chi connectivity index (χ1n) is 6.24. The van der Waals surface area contributed by atoms with Crippen LogP contribution in [0.1, 0.15) is 5.56 Å². The van der Waals surface area contributed by atoms with Gasteiger partial charge in [-0.15, -0.1) is 0 Å². The summed E-state index contributed by atoms with van der Waals surface area (Å²) in [5, 5.41) is 3.97. The number of halogens is 1. The highest BCUT2D eigenvalue weighted by Gasteiger charge is 2.17. The second-order valence-electron chi connectivity index (χ2n) is 4.60. The predicted molar refractivity (Wildman–Crippen MR) is 76.5 cm³/mol. The van der Waals surface area contributed by atoms with Gasteiger partial charge in [-0.25, -0.2) is 4.39 Å². The number of hydrogen-bond donors (Lipinski definition) is 1. The zero-order valence-electron chi connectivity index (χ0n) is 10.9. The highest BCUT2D eigenvalue weighted by molar-refractivity contribution is 5.86. The summed E-state index contributed by atoms with van der Waals surface area (Å²) >= 11 is 0. The molecule has 0 aliphatic carbocycles. The molecule has 0 amide bonds. The number of nitrogens with two attached hydrogens (primary N) is 1. The van der Waals surface area contributed by atoms with Crippen molar-refractivity contribution in [1.82, 2.24) is 5.16 Å². The zero-order chi connectivity index (χ0) is 14.1. The van der Waals surface area contributed by atoms with Crippen LogP contribution < -0.4 is 5.73 Å². The maximum atomic E-state index is 13.7. The minimum atomic E-state index is -0.275. The minimum absolute atomic E-state index is 0.229. The van der Waals surface area contributed by atoms with E-state index in [0.717, 1.165) is 5.56 Å². The predicted octanol–water partition coefficient (Wildman–Crippen LogP) is 4.04. The molecule has 0 saturated carbocycles. The first-order chi connectivity index (χ1) is 9.66. The van der Waals surface area contributed by atoms with Crippen LogP contribution in [-0.2, 0) is 0 Å². The summed E-state index contributed by atoms with van der Waals surface area (Å²) in [6.45, 7) is 1.72. The van der Waals surface area contributed by atoms with Crippen LogP contribution >= 0.6 is 0 Å². The number of aromatic nitrogens is 1. The van der Waals surface area contributed by atoms with Crippen LogP contribution in [0.2, 0.25) is 0 Å². The fraction of sp³-hybridized carbons (Fsp3) is 0.0625. The topological polar surface area (TPSA) is 52.0 Å². The van der Waals surface area contributed by atoms with Crippen LogP contribution in [0, 0.1) is 12.7 Å². The second-order valence-corrected chi connectivity index (χ2v) is 4.60. The largest absolute Gasteiger partial charge is 0.367 e. The van der Waals surface area contributed by atoms with Crippen LogP contribution in [0.3, 0.4) is 0 Å². The van der Waals surface area contributed by atoms with Gasteiger partial charge in [0.25, 0.3) is 0 Å². The Balaban J connectivity index is 2.18. The monoisotopic (exact) mass is 268 g/mol. The number of anilines is 1. The van der Waals surface area contributed by atoms with Crippen LogP contribution in [0.5, 0.6) is 0 Å². The van der Waals surface area contributed by atoms with E-state index in [0.29, 0.717) is 22.4 Å². The molecule has 2 aromatic carbocycles. The van der Waals surface area contributed by atoms with E-state index in [1.807, 2.05) is 36.4 Å². The van der Waals surface area contributed by atoms with Gasteiger partial charge in [0.15, 0.2) is 0 Å². The molecule has 0 unspecified atom stereocenters. The standard InChI is InChI=1S/C16H13FN2O/c1-10-7-8-12(9-13(10)17)15-14(16(18)20-19-15)11-5-3-2-4-6-11/h2-9H,18H2,1H3. The molecule has 1 aromatic heterocycles. The summed E-state index contributed by atoms with van der Waals surface area (Å²) in [7, 11) is 0. The van der Waals surface area contributed by atoms with Gasteiger partial charge in [-0.3, -0.25) is 0 Å². The maximum Gasteiger partial charge on any atom is 0.230 e. The lowest BCUT2D eigenvalue weighted by Gasteiger charge is -2.04. The van der Waals surface area contributed by atoms with Gasteiger partial charge in [0.1, 0.15) is 11.5 Å². The first-order valence-corrected chi connectivity index (χ1v) is 6.24. The summed E-state index contributed by atoms with van der Waals surface area (Å²) in [4.78, 5) is 0. The number of rotatable bonds is 2. The van der Waals surface area contributed by atoms with Gasteiger partial charge in [0, 0.05) is 5.56 Å². The fourth-order valence-corrected chi connectivity index (χ4v) is 2.12. The Hall–Kier alpha value is -2.62. The quantitative estimate of drug-likeness (QED) is 0.763. The molecule has 100 valence electrons. The average molecular weight is 268 g/mol. The summed E-state index contributed by atoms with van der Waals surface area (Å²) in [5.74, 6) is -0.0460. The lowest BCUT2D eigenvalue weighted by Crippen LogP contribution is -1.89. The normalized spacial score (nSPS) is 10.7. The van der Waals surface area contributed by atoms with Crippen molar-refractivity contribution >= 4 is 5.88 Å². The molecule has 0 bridgehead atoms. The van der Waals surface area contributed by atoms with E-state index in [-0.39, 0.29) is 11.7 Å². The van der Waals surface area contributed by atoms with Gasteiger partial charge in [-0.05, 0) is 24.1 Å². The Morgan fingerprint density at radius 1 is 1.05 bits per heavy atom. The molecule has 1 heterocycles. The third-order valence-corrected chi connectivity index (χ3v) is 3.23. The molecule has 3 rings (SSSR count). The number of benzene rings is 2. The Bertz CT molecular complexity index is 750. The van der Waals surface area contributed by atoms with Gasteiger partial charge in [-0.1, -0.05) is 47.6 Å². The molecule has 0 atom stereocenters. The van der Waals surface area contributed by atoms with Crippen molar-refractivity contribution in [1.29, 1.82) is 0 Å². The lowest BCUT2D eigenvalue weighted by atomic mass is 10.0. The molecule has 20 heavy (non-hydrogen) atoms. The van der Waals surface area contributed by atoms with Crippen molar-refractivity contribution in [2.75, 3.05) is 5.73 Å². The first kappa shape index (κ1) is 12.4. The Kier molecular flexibility index (Phi) is 2.99. The third kappa shape index (κ3) is 2.05. The summed E-state index contributed by atoms with van der Waals surface area (Å²) in [6.07, 6.45) is 0. The van der Waals surface area contributed by atoms with Gasteiger partial charge in [0.2, 0.25) is 5.88 Å². The van der Waals surface area contributed by atoms with Crippen molar-refractivity contribution in [2.45, 2.75) is 6.92 Å².